The van der Waals surface area contributed by atoms with Crippen molar-refractivity contribution < 1.29 is 33.0 Å². The van der Waals surface area contributed by atoms with E-state index in [2.05, 4.69) is 10.9 Å². The van der Waals surface area contributed by atoms with Crippen LogP contribution in [0, 0.1) is 5.82 Å². The number of nitrogens with two attached hydrogens (primary N) is 1. The lowest BCUT2D eigenvalue weighted by Gasteiger charge is -2.15. The van der Waals surface area contributed by atoms with Crippen LogP contribution in [0.1, 0.15) is 15.9 Å². The highest BCUT2D eigenvalue weighted by Gasteiger charge is 2.18. The van der Waals surface area contributed by atoms with Crippen LogP contribution in [0.3, 0.4) is 0 Å². The van der Waals surface area contributed by atoms with Gasteiger partial charge in [-0.15, -0.1) is 0 Å². The molecule has 2 rings (SSSR count). The minimum atomic E-state index is -0.695. The Morgan fingerprint density at radius 3 is 2.10 bits per heavy atom. The smallest absolute Gasteiger partial charge is 0.269 e. The standard InChI is InChI=1S/C19H20FN3O6/c1-27-14-8-12(9-15(28-2)18(14)29-10-16(21)24)19(26)23-22-17(25)7-11-3-5-13(20)6-4-11/h3-6,8-9H,7,10H2,1-2H3,(H2,21,24)(H,22,25)(H,23,26). The summed E-state index contributed by atoms with van der Waals surface area (Å²) in [6.07, 6.45) is -0.0485. The van der Waals surface area contributed by atoms with Gasteiger partial charge in [0.2, 0.25) is 11.7 Å². The van der Waals surface area contributed by atoms with Crippen molar-refractivity contribution in [3.63, 3.8) is 0 Å². The average Bonchev–Trinajstić information content (AvgIpc) is 2.71. The zero-order chi connectivity index (χ0) is 21.4. The fraction of sp³-hybridized carbons (Fsp3) is 0.211. The normalized spacial score (nSPS) is 10.0. The zero-order valence-corrected chi connectivity index (χ0v) is 15.8. The first kappa shape index (κ1) is 21.5. The molecule has 0 bridgehead atoms. The maximum atomic E-state index is 12.9. The van der Waals surface area contributed by atoms with E-state index in [1.54, 1.807) is 0 Å². The Morgan fingerprint density at radius 1 is 1.00 bits per heavy atom. The van der Waals surface area contributed by atoms with Crippen molar-refractivity contribution in [2.75, 3.05) is 20.8 Å². The number of benzene rings is 2. The maximum absolute atomic E-state index is 12.9. The number of ether oxygens (including phenoxy) is 3. The molecule has 10 heteroatoms. The number of hydrazine groups is 1. The third-order valence-electron chi connectivity index (χ3n) is 3.67. The summed E-state index contributed by atoms with van der Waals surface area (Å²) in [4.78, 5) is 35.2. The molecular formula is C19H20FN3O6. The average molecular weight is 405 g/mol. The van der Waals surface area contributed by atoms with Gasteiger partial charge >= 0.3 is 0 Å². The molecule has 3 amide bonds. The number of methoxy groups -OCH3 is 2. The summed E-state index contributed by atoms with van der Waals surface area (Å²) in [5.74, 6) is -1.87. The maximum Gasteiger partial charge on any atom is 0.269 e. The molecule has 0 fully saturated rings. The minimum absolute atomic E-state index is 0.0485. The molecule has 0 aliphatic rings. The van der Waals surface area contributed by atoms with Gasteiger partial charge in [-0.1, -0.05) is 12.1 Å². The van der Waals surface area contributed by atoms with Gasteiger partial charge in [0.05, 0.1) is 20.6 Å². The highest BCUT2D eigenvalue weighted by atomic mass is 19.1. The van der Waals surface area contributed by atoms with Gasteiger partial charge in [0.15, 0.2) is 18.1 Å². The second-order valence-electron chi connectivity index (χ2n) is 5.77. The van der Waals surface area contributed by atoms with E-state index in [1.807, 2.05) is 0 Å². The largest absolute Gasteiger partial charge is 0.493 e. The fourth-order valence-corrected chi connectivity index (χ4v) is 2.33. The predicted octanol–water partition coefficient (Wildman–Crippen LogP) is 0.711. The molecule has 0 saturated carbocycles. The van der Waals surface area contributed by atoms with Gasteiger partial charge in [-0.2, -0.15) is 0 Å². The summed E-state index contributed by atoms with van der Waals surface area (Å²) < 4.78 is 28.5. The SMILES string of the molecule is COc1cc(C(=O)NNC(=O)Cc2ccc(F)cc2)cc(OC)c1OCC(N)=O. The Balaban J connectivity index is 2.06. The van der Waals surface area contributed by atoms with Gasteiger partial charge in [0.1, 0.15) is 5.82 Å². The molecule has 154 valence electrons. The summed E-state index contributed by atoms with van der Waals surface area (Å²) in [7, 11) is 2.69. The number of amides is 3. The van der Waals surface area contributed by atoms with Crippen molar-refractivity contribution in [1.29, 1.82) is 0 Å². The topological polar surface area (TPSA) is 129 Å². The van der Waals surface area contributed by atoms with Gasteiger partial charge in [0.25, 0.3) is 11.8 Å². The van der Waals surface area contributed by atoms with E-state index in [4.69, 9.17) is 19.9 Å². The van der Waals surface area contributed by atoms with E-state index in [1.165, 1.54) is 50.6 Å². The number of hydrogen-bond donors (Lipinski definition) is 3. The lowest BCUT2D eigenvalue weighted by molar-refractivity contribution is -0.121. The second kappa shape index (κ2) is 9.93. The first-order chi connectivity index (χ1) is 13.8. The molecule has 0 spiro atoms. The molecule has 0 aromatic heterocycles. The number of carbonyl (C=O) groups excluding carboxylic acids is 3. The van der Waals surface area contributed by atoms with Gasteiger partial charge < -0.3 is 19.9 Å². The predicted molar refractivity (Wildman–Crippen MR) is 99.9 cm³/mol. The highest BCUT2D eigenvalue weighted by Crippen LogP contribution is 2.38. The van der Waals surface area contributed by atoms with Crippen LogP contribution in [0.15, 0.2) is 36.4 Å². The monoisotopic (exact) mass is 405 g/mol. The summed E-state index contributed by atoms with van der Waals surface area (Å²) in [5, 5.41) is 0. The van der Waals surface area contributed by atoms with Crippen molar-refractivity contribution in [2.24, 2.45) is 5.73 Å². The van der Waals surface area contributed by atoms with Gasteiger partial charge in [-0.3, -0.25) is 25.2 Å². The molecule has 0 radical (unpaired) electrons. The molecule has 2 aromatic rings. The molecule has 0 unspecified atom stereocenters. The van der Waals surface area contributed by atoms with E-state index >= 15 is 0 Å². The summed E-state index contributed by atoms with van der Waals surface area (Å²) >= 11 is 0. The van der Waals surface area contributed by atoms with Gasteiger partial charge in [-0.05, 0) is 29.8 Å². The summed E-state index contributed by atoms with van der Waals surface area (Å²) in [6.45, 7) is -0.405. The van der Waals surface area contributed by atoms with Crippen LogP contribution in [-0.4, -0.2) is 38.5 Å². The van der Waals surface area contributed by atoms with Crippen LogP contribution in [0.2, 0.25) is 0 Å². The summed E-state index contributed by atoms with van der Waals surface area (Å²) in [6, 6.07) is 8.11. The van der Waals surface area contributed by atoms with Crippen molar-refractivity contribution in [2.45, 2.75) is 6.42 Å². The van der Waals surface area contributed by atoms with Crippen molar-refractivity contribution in [1.82, 2.24) is 10.9 Å². The number of primary amides is 1. The van der Waals surface area contributed by atoms with Crippen LogP contribution in [0.25, 0.3) is 0 Å². The Hall–Kier alpha value is -3.82. The van der Waals surface area contributed by atoms with E-state index in [0.717, 1.165) is 0 Å². The third-order valence-corrected chi connectivity index (χ3v) is 3.67. The van der Waals surface area contributed by atoms with Crippen LogP contribution >= 0.6 is 0 Å². The number of hydrogen-bond acceptors (Lipinski definition) is 6. The molecule has 0 atom stereocenters. The van der Waals surface area contributed by atoms with Gasteiger partial charge in [-0.25, -0.2) is 4.39 Å². The highest BCUT2D eigenvalue weighted by molar-refractivity contribution is 5.96. The molecule has 0 saturated heterocycles. The Morgan fingerprint density at radius 2 is 1.59 bits per heavy atom. The Labute approximate surface area is 165 Å². The number of halogens is 1. The van der Waals surface area contributed by atoms with Crippen LogP contribution in [0.4, 0.5) is 4.39 Å². The first-order valence-corrected chi connectivity index (χ1v) is 8.34. The molecule has 4 N–H and O–H groups in total. The molecule has 0 aliphatic carbocycles. The fourth-order valence-electron chi connectivity index (χ4n) is 2.33. The molecule has 9 nitrogen and oxygen atoms in total. The molecule has 0 heterocycles. The van der Waals surface area contributed by atoms with E-state index in [9.17, 15) is 18.8 Å². The summed E-state index contributed by atoms with van der Waals surface area (Å²) in [5.41, 5.74) is 10.3. The minimum Gasteiger partial charge on any atom is -0.493 e. The Bertz CT molecular complexity index is 876. The number of nitrogens with one attached hydrogen (secondary N) is 2. The van der Waals surface area contributed by atoms with Crippen molar-refractivity contribution in [3.8, 4) is 17.2 Å². The van der Waals surface area contributed by atoms with Crippen LogP contribution in [0.5, 0.6) is 17.2 Å². The lowest BCUT2D eigenvalue weighted by atomic mass is 10.1. The molecule has 0 aliphatic heterocycles. The quantitative estimate of drug-likeness (QED) is 0.555. The van der Waals surface area contributed by atoms with E-state index in [0.29, 0.717) is 5.56 Å². The van der Waals surface area contributed by atoms with Crippen molar-refractivity contribution in [3.05, 3.63) is 53.3 Å². The first-order valence-electron chi connectivity index (χ1n) is 8.34. The van der Waals surface area contributed by atoms with E-state index < -0.39 is 30.1 Å². The van der Waals surface area contributed by atoms with Crippen molar-refractivity contribution >= 4 is 17.7 Å². The Kier molecular flexibility index (Phi) is 7.35. The molecule has 2 aromatic carbocycles. The molecular weight excluding hydrogens is 385 g/mol. The number of rotatable bonds is 8. The van der Waals surface area contributed by atoms with Gasteiger partial charge in [0, 0.05) is 5.56 Å². The number of carbonyl (C=O) groups is 3. The third kappa shape index (κ3) is 6.09. The van der Waals surface area contributed by atoms with Crippen LogP contribution in [-0.2, 0) is 16.0 Å². The zero-order valence-electron chi connectivity index (χ0n) is 15.8. The lowest BCUT2D eigenvalue weighted by Crippen LogP contribution is -2.42. The van der Waals surface area contributed by atoms with Crippen LogP contribution < -0.4 is 30.8 Å². The van der Waals surface area contributed by atoms with E-state index in [-0.39, 0.29) is 29.2 Å². The second-order valence-corrected chi connectivity index (χ2v) is 5.77. The molecule has 29 heavy (non-hydrogen) atoms.